The third kappa shape index (κ3) is 4.04. The molecular weight excluding hydrogens is 312 g/mol. The zero-order valence-corrected chi connectivity index (χ0v) is 14.4. The number of nitrogens with zero attached hydrogens (tertiary/aromatic N) is 3. The van der Waals surface area contributed by atoms with Gasteiger partial charge in [-0.2, -0.15) is 0 Å². The molecule has 1 aromatic heterocycles. The molecule has 0 saturated carbocycles. The summed E-state index contributed by atoms with van der Waals surface area (Å²) in [4.78, 5) is 7.19. The van der Waals surface area contributed by atoms with Crippen LogP contribution in [0.25, 0.3) is 11.0 Å². The van der Waals surface area contributed by atoms with Crippen LogP contribution in [-0.2, 0) is 18.3 Å². The van der Waals surface area contributed by atoms with Gasteiger partial charge in [0, 0.05) is 31.8 Å². The molecule has 0 atom stereocenters. The number of hydrogen-bond acceptors (Lipinski definition) is 4. The van der Waals surface area contributed by atoms with E-state index >= 15 is 0 Å². The third-order valence-corrected chi connectivity index (χ3v) is 4.77. The molecule has 0 aliphatic carbocycles. The SMILES string of the molecule is Cn1c(CN2CCC(OCCCN)CC2)nc2cc(Cl)ccc21. The van der Waals surface area contributed by atoms with Crippen LogP contribution in [0.2, 0.25) is 5.02 Å². The van der Waals surface area contributed by atoms with Gasteiger partial charge >= 0.3 is 0 Å². The van der Waals surface area contributed by atoms with Gasteiger partial charge in [0.15, 0.2) is 0 Å². The summed E-state index contributed by atoms with van der Waals surface area (Å²) in [6.45, 7) is 4.47. The van der Waals surface area contributed by atoms with E-state index < -0.39 is 0 Å². The van der Waals surface area contributed by atoms with Crippen molar-refractivity contribution >= 4 is 22.6 Å². The number of hydrogen-bond donors (Lipinski definition) is 1. The summed E-state index contributed by atoms with van der Waals surface area (Å²) in [7, 11) is 2.07. The summed E-state index contributed by atoms with van der Waals surface area (Å²) in [5.41, 5.74) is 7.60. The Bertz CT molecular complexity index is 649. The van der Waals surface area contributed by atoms with Gasteiger partial charge in [0.25, 0.3) is 0 Å². The van der Waals surface area contributed by atoms with Crippen LogP contribution in [0.3, 0.4) is 0 Å². The zero-order valence-electron chi connectivity index (χ0n) is 13.7. The van der Waals surface area contributed by atoms with Crippen molar-refractivity contribution < 1.29 is 4.74 Å². The van der Waals surface area contributed by atoms with Gasteiger partial charge in [0.05, 0.1) is 23.7 Å². The molecule has 0 radical (unpaired) electrons. The lowest BCUT2D eigenvalue weighted by molar-refractivity contribution is 0.00504. The highest BCUT2D eigenvalue weighted by molar-refractivity contribution is 6.31. The fourth-order valence-electron chi connectivity index (χ4n) is 3.13. The van der Waals surface area contributed by atoms with Crippen molar-refractivity contribution in [1.29, 1.82) is 0 Å². The normalized spacial score (nSPS) is 17.2. The first-order chi connectivity index (χ1) is 11.2. The number of imidazole rings is 1. The van der Waals surface area contributed by atoms with Gasteiger partial charge in [-0.25, -0.2) is 4.98 Å². The number of piperidine rings is 1. The fourth-order valence-corrected chi connectivity index (χ4v) is 3.30. The number of rotatable bonds is 6. The second kappa shape index (κ2) is 7.62. The summed E-state index contributed by atoms with van der Waals surface area (Å²) in [5.74, 6) is 1.09. The highest BCUT2D eigenvalue weighted by Crippen LogP contribution is 2.22. The molecule has 2 heterocycles. The minimum absolute atomic E-state index is 0.386. The molecule has 0 spiro atoms. The monoisotopic (exact) mass is 336 g/mol. The van der Waals surface area contributed by atoms with Crippen LogP contribution >= 0.6 is 11.6 Å². The van der Waals surface area contributed by atoms with Gasteiger partial charge in [-0.1, -0.05) is 11.6 Å². The molecule has 0 bridgehead atoms. The van der Waals surface area contributed by atoms with E-state index in [1.165, 1.54) is 0 Å². The van der Waals surface area contributed by atoms with E-state index in [0.717, 1.165) is 67.4 Å². The highest BCUT2D eigenvalue weighted by Gasteiger charge is 2.21. The number of nitrogens with two attached hydrogens (primary N) is 1. The van der Waals surface area contributed by atoms with E-state index in [9.17, 15) is 0 Å². The van der Waals surface area contributed by atoms with E-state index in [4.69, 9.17) is 27.1 Å². The second-order valence-electron chi connectivity index (χ2n) is 6.21. The number of benzene rings is 1. The lowest BCUT2D eigenvalue weighted by Crippen LogP contribution is -2.37. The Morgan fingerprint density at radius 2 is 2.13 bits per heavy atom. The first-order valence-corrected chi connectivity index (χ1v) is 8.70. The average molecular weight is 337 g/mol. The van der Waals surface area contributed by atoms with Gasteiger partial charge < -0.3 is 15.0 Å². The molecule has 1 aromatic carbocycles. The van der Waals surface area contributed by atoms with Crippen molar-refractivity contribution in [3.8, 4) is 0 Å². The first-order valence-electron chi connectivity index (χ1n) is 8.32. The molecule has 126 valence electrons. The first kappa shape index (κ1) is 16.7. The summed E-state index contributed by atoms with van der Waals surface area (Å²) in [5, 5.41) is 0.734. The topological polar surface area (TPSA) is 56.3 Å². The van der Waals surface area contributed by atoms with Crippen LogP contribution in [0.1, 0.15) is 25.1 Å². The van der Waals surface area contributed by atoms with Gasteiger partial charge in [-0.15, -0.1) is 0 Å². The standard InChI is InChI=1S/C17H25ClN4O/c1-21-16-4-3-13(18)11-15(16)20-17(21)12-22-8-5-14(6-9-22)23-10-2-7-19/h3-4,11,14H,2,5-10,12,19H2,1H3. The molecular formula is C17H25ClN4O. The maximum Gasteiger partial charge on any atom is 0.123 e. The molecule has 2 aromatic rings. The van der Waals surface area contributed by atoms with Crippen LogP contribution in [0.15, 0.2) is 18.2 Å². The summed E-state index contributed by atoms with van der Waals surface area (Å²) in [6, 6.07) is 5.88. The lowest BCUT2D eigenvalue weighted by Gasteiger charge is -2.31. The number of fused-ring (bicyclic) bond motifs is 1. The van der Waals surface area contributed by atoms with Crippen LogP contribution in [0.5, 0.6) is 0 Å². The van der Waals surface area contributed by atoms with Crippen LogP contribution in [0.4, 0.5) is 0 Å². The minimum atomic E-state index is 0.386. The molecule has 6 heteroatoms. The van der Waals surface area contributed by atoms with E-state index in [-0.39, 0.29) is 0 Å². The lowest BCUT2D eigenvalue weighted by atomic mass is 10.1. The molecule has 23 heavy (non-hydrogen) atoms. The predicted octanol–water partition coefficient (Wildman–Crippen LogP) is 2.56. The van der Waals surface area contributed by atoms with Crippen molar-refractivity contribution in [3.05, 3.63) is 29.0 Å². The van der Waals surface area contributed by atoms with Gasteiger partial charge in [0.2, 0.25) is 0 Å². The molecule has 1 aliphatic heterocycles. The van der Waals surface area contributed by atoms with Gasteiger partial charge in [0.1, 0.15) is 5.82 Å². The largest absolute Gasteiger partial charge is 0.378 e. The zero-order chi connectivity index (χ0) is 16.2. The highest BCUT2D eigenvalue weighted by atomic mass is 35.5. The second-order valence-corrected chi connectivity index (χ2v) is 6.65. The maximum absolute atomic E-state index is 6.06. The Labute approximate surface area is 142 Å². The van der Waals surface area contributed by atoms with Crippen molar-refractivity contribution in [1.82, 2.24) is 14.5 Å². The van der Waals surface area contributed by atoms with Gasteiger partial charge in [-0.3, -0.25) is 4.90 Å². The number of likely N-dealkylation sites (tertiary alicyclic amines) is 1. The Morgan fingerprint density at radius 3 is 2.87 bits per heavy atom. The number of aryl methyl sites for hydroxylation is 1. The Hall–Kier alpha value is -1.14. The van der Waals surface area contributed by atoms with E-state index in [1.807, 2.05) is 18.2 Å². The minimum Gasteiger partial charge on any atom is -0.378 e. The molecule has 2 N–H and O–H groups in total. The number of ether oxygens (including phenoxy) is 1. The predicted molar refractivity (Wildman–Crippen MR) is 93.6 cm³/mol. The number of halogens is 1. The molecule has 0 amide bonds. The third-order valence-electron chi connectivity index (χ3n) is 4.54. The average Bonchev–Trinajstić information content (AvgIpc) is 2.85. The van der Waals surface area contributed by atoms with Crippen LogP contribution in [0, 0.1) is 0 Å². The Morgan fingerprint density at radius 1 is 1.35 bits per heavy atom. The van der Waals surface area contributed by atoms with Crippen molar-refractivity contribution in [2.24, 2.45) is 12.8 Å². The summed E-state index contributed by atoms with van der Waals surface area (Å²) >= 11 is 6.06. The summed E-state index contributed by atoms with van der Waals surface area (Å²) < 4.78 is 8.03. The molecule has 3 rings (SSSR count). The maximum atomic E-state index is 6.06. The van der Waals surface area contributed by atoms with Gasteiger partial charge in [-0.05, 0) is 44.0 Å². The van der Waals surface area contributed by atoms with Crippen LogP contribution < -0.4 is 5.73 Å². The smallest absolute Gasteiger partial charge is 0.123 e. The van der Waals surface area contributed by atoms with Crippen LogP contribution in [-0.4, -0.2) is 46.8 Å². The Balaban J connectivity index is 1.57. The Kier molecular flexibility index (Phi) is 5.54. The summed E-state index contributed by atoms with van der Waals surface area (Å²) in [6.07, 6.45) is 3.50. The van der Waals surface area contributed by atoms with Crippen molar-refractivity contribution in [3.63, 3.8) is 0 Å². The fraction of sp³-hybridized carbons (Fsp3) is 0.588. The van der Waals surface area contributed by atoms with E-state index in [1.54, 1.807) is 0 Å². The number of aromatic nitrogens is 2. The molecule has 1 saturated heterocycles. The van der Waals surface area contributed by atoms with Crippen molar-refractivity contribution in [2.45, 2.75) is 31.9 Å². The van der Waals surface area contributed by atoms with E-state index in [2.05, 4.69) is 16.5 Å². The molecule has 5 nitrogen and oxygen atoms in total. The van der Waals surface area contributed by atoms with Crippen molar-refractivity contribution in [2.75, 3.05) is 26.2 Å². The molecule has 1 fully saturated rings. The molecule has 1 aliphatic rings. The van der Waals surface area contributed by atoms with E-state index in [0.29, 0.717) is 12.6 Å². The molecule has 0 unspecified atom stereocenters. The quantitative estimate of drug-likeness (QED) is 0.824.